The number of carbonyl (C=O) groups is 1. The molecule has 6 nitrogen and oxygen atoms in total. The number of methoxy groups -OCH3 is 1. The van der Waals surface area contributed by atoms with E-state index in [4.69, 9.17) is 4.74 Å². The molecule has 2 aromatic carbocycles. The molecule has 0 spiro atoms. The lowest BCUT2D eigenvalue weighted by Crippen LogP contribution is -2.44. The fourth-order valence-corrected chi connectivity index (χ4v) is 3.14. The third-order valence-corrected chi connectivity index (χ3v) is 4.22. The first kappa shape index (κ1) is 15.7. The fourth-order valence-electron chi connectivity index (χ4n) is 3.14. The van der Waals surface area contributed by atoms with Gasteiger partial charge in [-0.2, -0.15) is 0 Å². The molecular weight excluding hydrogens is 308 g/mol. The van der Waals surface area contributed by atoms with Crippen LogP contribution in [0.5, 0.6) is 0 Å². The van der Waals surface area contributed by atoms with E-state index in [0.29, 0.717) is 11.1 Å². The summed E-state index contributed by atoms with van der Waals surface area (Å²) in [5.41, 5.74) is 0.352. The molecule has 1 aromatic heterocycles. The van der Waals surface area contributed by atoms with E-state index in [1.54, 1.807) is 36.5 Å². The summed E-state index contributed by atoms with van der Waals surface area (Å²) in [6.45, 7) is -0.592. The molecule has 3 aromatic rings. The summed E-state index contributed by atoms with van der Waals surface area (Å²) in [6, 6.07) is 16.1. The van der Waals surface area contributed by atoms with Gasteiger partial charge < -0.3 is 9.72 Å². The van der Waals surface area contributed by atoms with Gasteiger partial charge in [0.15, 0.2) is 5.41 Å². The van der Waals surface area contributed by atoms with Crippen LogP contribution in [0.1, 0.15) is 11.1 Å². The van der Waals surface area contributed by atoms with Gasteiger partial charge in [-0.15, -0.1) is 0 Å². The molecule has 0 aliphatic rings. The Morgan fingerprint density at radius 2 is 1.83 bits per heavy atom. The molecule has 0 aliphatic heterocycles. The third kappa shape index (κ3) is 2.42. The van der Waals surface area contributed by atoms with Gasteiger partial charge >= 0.3 is 5.97 Å². The summed E-state index contributed by atoms with van der Waals surface area (Å²) in [5, 5.41) is 12.2. The number of rotatable bonds is 5. The molecule has 0 amide bonds. The zero-order valence-corrected chi connectivity index (χ0v) is 13.1. The number of H-pyrrole nitrogens is 1. The summed E-state index contributed by atoms with van der Waals surface area (Å²) in [7, 11) is 1.24. The summed E-state index contributed by atoms with van der Waals surface area (Å²) >= 11 is 0. The van der Waals surface area contributed by atoms with E-state index < -0.39 is 22.9 Å². The number of nitrogens with zero attached hydrogens (tertiary/aromatic N) is 1. The van der Waals surface area contributed by atoms with Crippen LogP contribution in [0.25, 0.3) is 10.9 Å². The van der Waals surface area contributed by atoms with Crippen LogP contribution in [0.3, 0.4) is 0 Å². The Morgan fingerprint density at radius 1 is 1.17 bits per heavy atom. The van der Waals surface area contributed by atoms with Crippen molar-refractivity contribution in [3.05, 3.63) is 82.0 Å². The molecule has 3 rings (SSSR count). The Kier molecular flexibility index (Phi) is 4.04. The van der Waals surface area contributed by atoms with Gasteiger partial charge in [-0.05, 0) is 11.6 Å². The van der Waals surface area contributed by atoms with E-state index in [1.807, 2.05) is 24.3 Å². The van der Waals surface area contributed by atoms with Gasteiger partial charge in [0.05, 0.1) is 7.11 Å². The first-order valence-corrected chi connectivity index (χ1v) is 7.42. The van der Waals surface area contributed by atoms with Crippen molar-refractivity contribution in [1.29, 1.82) is 0 Å². The molecule has 1 heterocycles. The lowest BCUT2D eigenvalue weighted by Gasteiger charge is -2.27. The van der Waals surface area contributed by atoms with Crippen LogP contribution in [0.2, 0.25) is 0 Å². The normalized spacial score (nSPS) is 13.4. The molecule has 0 aliphatic carbocycles. The molecule has 1 unspecified atom stereocenters. The van der Waals surface area contributed by atoms with E-state index in [2.05, 4.69) is 4.98 Å². The average Bonchev–Trinajstić information content (AvgIpc) is 3.04. The standard InChI is InChI=1S/C18H16N2O4/c1-24-17(21)18(12-20(22)23,13-7-3-2-4-8-13)15-11-19-16-10-6-5-9-14(15)16/h2-11,19H,12H2,1H3. The predicted molar refractivity (Wildman–Crippen MR) is 89.4 cm³/mol. The summed E-state index contributed by atoms with van der Waals surface area (Å²) < 4.78 is 4.99. The zero-order valence-electron chi connectivity index (χ0n) is 13.1. The third-order valence-electron chi connectivity index (χ3n) is 4.22. The second-order valence-corrected chi connectivity index (χ2v) is 5.50. The van der Waals surface area contributed by atoms with Crippen molar-refractivity contribution >= 4 is 16.9 Å². The lowest BCUT2D eigenvalue weighted by atomic mass is 9.74. The molecule has 0 fully saturated rings. The SMILES string of the molecule is COC(=O)C(C[N+](=O)[O-])(c1ccccc1)c1c[nH]c2ccccc12. The quantitative estimate of drug-likeness (QED) is 0.444. The van der Waals surface area contributed by atoms with E-state index >= 15 is 0 Å². The monoisotopic (exact) mass is 324 g/mol. The minimum atomic E-state index is -1.51. The highest BCUT2D eigenvalue weighted by Crippen LogP contribution is 2.38. The molecule has 0 radical (unpaired) electrons. The fraction of sp³-hybridized carbons (Fsp3) is 0.167. The van der Waals surface area contributed by atoms with Gasteiger partial charge in [-0.25, -0.2) is 0 Å². The number of aromatic amines is 1. The van der Waals surface area contributed by atoms with Gasteiger partial charge in [0, 0.05) is 27.6 Å². The van der Waals surface area contributed by atoms with Crippen molar-refractivity contribution in [2.75, 3.05) is 13.7 Å². The largest absolute Gasteiger partial charge is 0.468 e. The van der Waals surface area contributed by atoms with E-state index in [0.717, 1.165) is 10.9 Å². The van der Waals surface area contributed by atoms with Gasteiger partial charge in [0.2, 0.25) is 6.54 Å². The van der Waals surface area contributed by atoms with Gasteiger partial charge in [0.1, 0.15) is 0 Å². The van der Waals surface area contributed by atoms with Crippen LogP contribution in [0, 0.1) is 10.1 Å². The smallest absolute Gasteiger partial charge is 0.327 e. The minimum Gasteiger partial charge on any atom is -0.468 e. The second kappa shape index (κ2) is 6.16. The number of nitro groups is 1. The Bertz CT molecular complexity index is 888. The molecule has 0 saturated carbocycles. The number of carbonyl (C=O) groups excluding carboxylic acids is 1. The van der Waals surface area contributed by atoms with Crippen molar-refractivity contribution in [1.82, 2.24) is 4.98 Å². The molecule has 1 atom stereocenters. The number of hydrogen-bond donors (Lipinski definition) is 1. The number of nitrogens with one attached hydrogen (secondary N) is 1. The number of esters is 1. The van der Waals surface area contributed by atoms with Crippen LogP contribution in [-0.2, 0) is 14.9 Å². The zero-order chi connectivity index (χ0) is 17.2. The molecule has 0 bridgehead atoms. The Hall–Kier alpha value is -3.15. The Morgan fingerprint density at radius 3 is 2.50 bits per heavy atom. The summed E-state index contributed by atoms with van der Waals surface area (Å²) in [5.74, 6) is -0.657. The molecule has 6 heteroatoms. The molecule has 1 N–H and O–H groups in total. The molecule has 122 valence electrons. The van der Waals surface area contributed by atoms with Crippen LogP contribution in [0.4, 0.5) is 0 Å². The number of benzene rings is 2. The maximum atomic E-state index is 12.8. The topological polar surface area (TPSA) is 85.2 Å². The highest BCUT2D eigenvalue weighted by molar-refractivity contribution is 5.95. The molecule has 0 saturated heterocycles. The Balaban J connectivity index is 2.36. The lowest BCUT2D eigenvalue weighted by molar-refractivity contribution is -0.486. The number of para-hydroxylation sites is 1. The maximum Gasteiger partial charge on any atom is 0.327 e. The van der Waals surface area contributed by atoms with Crippen molar-refractivity contribution in [3.63, 3.8) is 0 Å². The van der Waals surface area contributed by atoms with Crippen LogP contribution in [-0.4, -0.2) is 29.5 Å². The Labute approximate surface area is 138 Å². The van der Waals surface area contributed by atoms with Crippen molar-refractivity contribution in [2.24, 2.45) is 0 Å². The highest BCUT2D eigenvalue weighted by Gasteiger charge is 2.49. The van der Waals surface area contributed by atoms with Crippen LogP contribution in [0.15, 0.2) is 60.8 Å². The second-order valence-electron chi connectivity index (χ2n) is 5.50. The van der Waals surface area contributed by atoms with Crippen LogP contribution >= 0.6 is 0 Å². The van der Waals surface area contributed by atoms with Crippen molar-refractivity contribution < 1.29 is 14.5 Å². The van der Waals surface area contributed by atoms with Gasteiger partial charge in [0.25, 0.3) is 0 Å². The van der Waals surface area contributed by atoms with E-state index in [9.17, 15) is 14.9 Å². The van der Waals surface area contributed by atoms with Gasteiger partial charge in [-0.3, -0.25) is 14.9 Å². The van der Waals surface area contributed by atoms with Crippen molar-refractivity contribution in [3.8, 4) is 0 Å². The molecular formula is C18H16N2O4. The predicted octanol–water partition coefficient (Wildman–Crippen LogP) is 2.90. The maximum absolute atomic E-state index is 12.8. The summed E-state index contributed by atoms with van der Waals surface area (Å²) in [4.78, 5) is 26.8. The van der Waals surface area contributed by atoms with E-state index in [-0.39, 0.29) is 0 Å². The minimum absolute atomic E-state index is 0.480. The first-order chi connectivity index (χ1) is 11.6. The number of ether oxygens (including phenoxy) is 1. The number of hydrogen-bond acceptors (Lipinski definition) is 4. The van der Waals surface area contributed by atoms with Crippen molar-refractivity contribution in [2.45, 2.75) is 5.41 Å². The molecule has 24 heavy (non-hydrogen) atoms. The number of fused-ring (bicyclic) bond motifs is 1. The van der Waals surface area contributed by atoms with Crippen LogP contribution < -0.4 is 0 Å². The first-order valence-electron chi connectivity index (χ1n) is 7.42. The summed E-state index contributed by atoms with van der Waals surface area (Å²) in [6.07, 6.45) is 1.65. The number of aromatic nitrogens is 1. The average molecular weight is 324 g/mol. The van der Waals surface area contributed by atoms with Gasteiger partial charge in [-0.1, -0.05) is 48.5 Å². The highest BCUT2D eigenvalue weighted by atomic mass is 16.6. The van der Waals surface area contributed by atoms with E-state index in [1.165, 1.54) is 7.11 Å².